The van der Waals surface area contributed by atoms with E-state index >= 15 is 0 Å². The van der Waals surface area contributed by atoms with Crippen molar-refractivity contribution in [2.45, 2.75) is 0 Å². The average Bonchev–Trinajstić information content (AvgIpc) is 2.37. The third kappa shape index (κ3) is 4.34. The number of nitrogens with zero attached hydrogens (tertiary/aromatic N) is 2. The molecule has 0 spiro atoms. The minimum Gasteiger partial charge on any atom is -0.337 e. The number of aromatic nitrogens is 2. The first kappa shape index (κ1) is 16.1. The lowest BCUT2D eigenvalue weighted by Gasteiger charge is -2.14. The van der Waals surface area contributed by atoms with Gasteiger partial charge >= 0.3 is 0 Å². The second-order valence-electron chi connectivity index (χ2n) is 4.00. The summed E-state index contributed by atoms with van der Waals surface area (Å²) in [6, 6.07) is 4.81. The Morgan fingerprint density at radius 1 is 1.14 bits per heavy atom. The summed E-state index contributed by atoms with van der Waals surface area (Å²) in [5, 5.41) is 3.32. The predicted octanol–water partition coefficient (Wildman–Crippen LogP) is 3.55. The van der Waals surface area contributed by atoms with Crippen molar-refractivity contribution in [2.24, 2.45) is 0 Å². The van der Waals surface area contributed by atoms with E-state index in [9.17, 15) is 8.42 Å². The van der Waals surface area contributed by atoms with Crippen LogP contribution < -0.4 is 10.0 Å². The molecule has 10 heteroatoms. The SMILES string of the molecule is CS(=O)(=O)Nc1c(Cl)cccc1Nc1nc(Cl)ncc1Cl. The molecule has 1 heterocycles. The third-order valence-electron chi connectivity index (χ3n) is 2.27. The fraction of sp³-hybridized carbons (Fsp3) is 0.0909. The van der Waals surface area contributed by atoms with Gasteiger partial charge in [-0.1, -0.05) is 29.3 Å². The highest BCUT2D eigenvalue weighted by molar-refractivity contribution is 7.92. The highest BCUT2D eigenvalue weighted by atomic mass is 35.5. The van der Waals surface area contributed by atoms with Crippen LogP contribution in [0, 0.1) is 0 Å². The van der Waals surface area contributed by atoms with Gasteiger partial charge in [0.15, 0.2) is 5.82 Å². The zero-order valence-corrected chi connectivity index (χ0v) is 13.6. The van der Waals surface area contributed by atoms with E-state index < -0.39 is 10.0 Å². The number of hydrogen-bond acceptors (Lipinski definition) is 5. The molecule has 0 saturated carbocycles. The topological polar surface area (TPSA) is 84.0 Å². The van der Waals surface area contributed by atoms with Crippen LogP contribution in [0.2, 0.25) is 15.3 Å². The minimum absolute atomic E-state index is 0.00144. The summed E-state index contributed by atoms with van der Waals surface area (Å²) in [7, 11) is -3.50. The maximum Gasteiger partial charge on any atom is 0.229 e. The van der Waals surface area contributed by atoms with E-state index in [1.54, 1.807) is 18.2 Å². The summed E-state index contributed by atoms with van der Waals surface area (Å²) < 4.78 is 25.1. The molecule has 0 aliphatic heterocycles. The van der Waals surface area contributed by atoms with E-state index in [2.05, 4.69) is 20.0 Å². The van der Waals surface area contributed by atoms with Gasteiger partial charge in [-0.2, -0.15) is 4.98 Å². The van der Waals surface area contributed by atoms with E-state index in [4.69, 9.17) is 34.8 Å². The summed E-state index contributed by atoms with van der Waals surface area (Å²) in [4.78, 5) is 7.65. The van der Waals surface area contributed by atoms with Crippen molar-refractivity contribution < 1.29 is 8.42 Å². The molecule has 0 aliphatic rings. The van der Waals surface area contributed by atoms with Gasteiger partial charge < -0.3 is 5.32 Å². The molecular formula is C11H9Cl3N4O2S. The van der Waals surface area contributed by atoms with E-state index in [1.807, 2.05) is 0 Å². The van der Waals surface area contributed by atoms with Crippen LogP contribution in [0.15, 0.2) is 24.4 Å². The van der Waals surface area contributed by atoms with Crippen LogP contribution in [-0.2, 0) is 10.0 Å². The Morgan fingerprint density at radius 2 is 1.86 bits per heavy atom. The van der Waals surface area contributed by atoms with Crippen LogP contribution >= 0.6 is 34.8 Å². The molecule has 2 aromatic rings. The number of benzene rings is 1. The monoisotopic (exact) mass is 366 g/mol. The molecule has 6 nitrogen and oxygen atoms in total. The third-order valence-corrected chi connectivity index (χ3v) is 3.62. The molecule has 0 aliphatic carbocycles. The quantitative estimate of drug-likeness (QED) is 0.807. The predicted molar refractivity (Wildman–Crippen MR) is 85.3 cm³/mol. The summed E-state index contributed by atoms with van der Waals surface area (Å²) in [5.41, 5.74) is 0.567. The van der Waals surface area contributed by atoms with Crippen molar-refractivity contribution in [1.82, 2.24) is 9.97 Å². The lowest BCUT2D eigenvalue weighted by atomic mass is 10.2. The van der Waals surface area contributed by atoms with Gasteiger partial charge in [0.2, 0.25) is 15.3 Å². The fourth-order valence-electron chi connectivity index (χ4n) is 1.48. The van der Waals surface area contributed by atoms with Crippen LogP contribution in [0.5, 0.6) is 0 Å². The van der Waals surface area contributed by atoms with Crippen LogP contribution in [0.3, 0.4) is 0 Å². The molecule has 21 heavy (non-hydrogen) atoms. The largest absolute Gasteiger partial charge is 0.337 e. The molecule has 1 aromatic carbocycles. The molecule has 0 radical (unpaired) electrons. The molecular weight excluding hydrogens is 359 g/mol. The van der Waals surface area contributed by atoms with E-state index in [0.717, 1.165) is 6.26 Å². The van der Waals surface area contributed by atoms with Crippen LogP contribution in [0.1, 0.15) is 0 Å². The molecule has 0 amide bonds. The standard InChI is InChI=1S/C11H9Cl3N4O2S/c1-21(19,20)18-9-6(12)3-2-4-8(9)16-10-7(13)5-15-11(14)17-10/h2-5,18H,1H3,(H,15,16,17). The second-order valence-corrected chi connectivity index (χ2v) is 6.90. The molecule has 1 aromatic heterocycles. The number of anilines is 3. The number of sulfonamides is 1. The Morgan fingerprint density at radius 3 is 2.52 bits per heavy atom. The summed E-state index contributed by atoms with van der Waals surface area (Å²) >= 11 is 17.7. The molecule has 0 bridgehead atoms. The summed E-state index contributed by atoms with van der Waals surface area (Å²) in [6.45, 7) is 0. The molecule has 0 saturated heterocycles. The Labute approximate surface area is 136 Å². The van der Waals surface area contributed by atoms with Gasteiger partial charge in [-0.25, -0.2) is 13.4 Å². The Hall–Kier alpha value is -1.28. The number of rotatable bonds is 4. The van der Waals surface area contributed by atoms with Crippen molar-refractivity contribution in [1.29, 1.82) is 0 Å². The van der Waals surface area contributed by atoms with E-state index in [0.29, 0.717) is 5.69 Å². The fourth-order valence-corrected chi connectivity index (χ4v) is 2.62. The van der Waals surface area contributed by atoms with Crippen molar-refractivity contribution >= 4 is 62.0 Å². The molecule has 112 valence electrons. The van der Waals surface area contributed by atoms with Gasteiger partial charge in [0.1, 0.15) is 5.02 Å². The van der Waals surface area contributed by atoms with Crippen LogP contribution in [0.25, 0.3) is 0 Å². The van der Waals surface area contributed by atoms with Gasteiger partial charge in [0.25, 0.3) is 0 Å². The zero-order valence-electron chi connectivity index (χ0n) is 10.6. The van der Waals surface area contributed by atoms with Crippen LogP contribution in [-0.4, -0.2) is 24.6 Å². The van der Waals surface area contributed by atoms with Gasteiger partial charge in [-0.05, 0) is 23.7 Å². The Kier molecular flexibility index (Phi) is 4.77. The maximum absolute atomic E-state index is 11.4. The molecule has 2 rings (SSSR count). The Balaban J connectivity index is 2.45. The average molecular weight is 368 g/mol. The molecule has 0 unspecified atom stereocenters. The highest BCUT2D eigenvalue weighted by Crippen LogP contribution is 2.34. The Bertz CT molecular complexity index is 783. The van der Waals surface area contributed by atoms with Crippen LogP contribution in [0.4, 0.5) is 17.2 Å². The summed E-state index contributed by atoms with van der Waals surface area (Å²) in [5.74, 6) is 0.232. The second kappa shape index (κ2) is 6.23. The van der Waals surface area contributed by atoms with Crippen molar-refractivity contribution in [3.8, 4) is 0 Å². The smallest absolute Gasteiger partial charge is 0.229 e. The number of nitrogens with one attached hydrogen (secondary N) is 2. The van der Waals surface area contributed by atoms with Crippen molar-refractivity contribution in [3.05, 3.63) is 39.7 Å². The number of halogens is 3. The number of para-hydroxylation sites is 1. The zero-order chi connectivity index (χ0) is 15.6. The minimum atomic E-state index is -3.50. The first-order chi connectivity index (χ1) is 9.76. The van der Waals surface area contributed by atoms with Crippen molar-refractivity contribution in [2.75, 3.05) is 16.3 Å². The molecule has 0 atom stereocenters. The maximum atomic E-state index is 11.4. The molecule has 2 N–H and O–H groups in total. The van der Waals surface area contributed by atoms with Gasteiger partial charge in [-0.3, -0.25) is 4.72 Å². The van der Waals surface area contributed by atoms with E-state index in [1.165, 1.54) is 6.20 Å². The lowest BCUT2D eigenvalue weighted by Crippen LogP contribution is -2.12. The van der Waals surface area contributed by atoms with Crippen molar-refractivity contribution in [3.63, 3.8) is 0 Å². The van der Waals surface area contributed by atoms with Gasteiger partial charge in [0.05, 0.1) is 28.9 Å². The van der Waals surface area contributed by atoms with Gasteiger partial charge in [-0.15, -0.1) is 0 Å². The first-order valence-corrected chi connectivity index (χ1v) is 8.50. The highest BCUT2D eigenvalue weighted by Gasteiger charge is 2.13. The normalized spacial score (nSPS) is 11.2. The summed E-state index contributed by atoms with van der Waals surface area (Å²) in [6.07, 6.45) is 2.35. The van der Waals surface area contributed by atoms with Gasteiger partial charge in [0, 0.05) is 0 Å². The lowest BCUT2D eigenvalue weighted by molar-refractivity contribution is 0.607. The molecule has 0 fully saturated rings. The first-order valence-electron chi connectivity index (χ1n) is 5.47. The number of hydrogen-bond donors (Lipinski definition) is 2. The van der Waals surface area contributed by atoms with E-state index in [-0.39, 0.29) is 26.8 Å².